The van der Waals surface area contributed by atoms with Gasteiger partial charge in [0, 0.05) is 17.7 Å². The molecule has 1 aromatic carbocycles. The molecule has 1 aromatic heterocycles. The van der Waals surface area contributed by atoms with Crippen molar-refractivity contribution in [2.45, 2.75) is 39.0 Å². The van der Waals surface area contributed by atoms with Crippen LogP contribution in [0.25, 0.3) is 0 Å². The Balaban J connectivity index is 1.54. The maximum absolute atomic E-state index is 12.3. The van der Waals surface area contributed by atoms with Gasteiger partial charge in [0.15, 0.2) is 0 Å². The van der Waals surface area contributed by atoms with E-state index in [2.05, 4.69) is 24.1 Å². The van der Waals surface area contributed by atoms with E-state index in [0.717, 1.165) is 12.0 Å². The van der Waals surface area contributed by atoms with E-state index >= 15 is 0 Å². The summed E-state index contributed by atoms with van der Waals surface area (Å²) in [4.78, 5) is 26.2. The van der Waals surface area contributed by atoms with E-state index in [9.17, 15) is 9.59 Å². The number of carbonyl (C=O) groups excluding carboxylic acids is 2. The average Bonchev–Trinajstić information content (AvgIpc) is 3.08. The summed E-state index contributed by atoms with van der Waals surface area (Å²) >= 11 is 0. The first kappa shape index (κ1) is 17.2. The molecule has 6 heteroatoms. The predicted octanol–water partition coefficient (Wildman–Crippen LogP) is 2.23. The van der Waals surface area contributed by atoms with E-state index in [-0.39, 0.29) is 23.5 Å². The van der Waals surface area contributed by atoms with E-state index in [1.807, 2.05) is 30.3 Å². The first-order valence-electron chi connectivity index (χ1n) is 8.32. The topological polar surface area (TPSA) is 97.2 Å². The average molecular weight is 341 g/mol. The lowest BCUT2D eigenvalue weighted by atomic mass is 9.64. The third-order valence-corrected chi connectivity index (χ3v) is 4.99. The molecule has 132 valence electrons. The summed E-state index contributed by atoms with van der Waals surface area (Å²) in [6, 6.07) is 11.5. The van der Waals surface area contributed by atoms with Crippen molar-refractivity contribution in [1.82, 2.24) is 10.3 Å². The number of aromatic amines is 1. The van der Waals surface area contributed by atoms with E-state index in [0.29, 0.717) is 17.9 Å². The largest absolute Gasteiger partial charge is 0.373 e. The first-order chi connectivity index (χ1) is 11.9. The number of rotatable bonds is 6. The number of nitrogens with one attached hydrogen (secondary N) is 2. The van der Waals surface area contributed by atoms with Crippen molar-refractivity contribution in [2.75, 3.05) is 0 Å². The van der Waals surface area contributed by atoms with Crippen LogP contribution in [0.4, 0.5) is 0 Å². The quantitative estimate of drug-likeness (QED) is 0.751. The minimum atomic E-state index is -0.561. The molecule has 25 heavy (non-hydrogen) atoms. The molecule has 1 aliphatic carbocycles. The van der Waals surface area contributed by atoms with E-state index in [1.54, 1.807) is 0 Å². The van der Waals surface area contributed by atoms with Crippen molar-refractivity contribution < 1.29 is 14.3 Å². The number of benzene rings is 1. The Hall–Kier alpha value is -2.60. The third-order valence-electron chi connectivity index (χ3n) is 4.99. The highest BCUT2D eigenvalue weighted by Gasteiger charge is 2.49. The fourth-order valence-electron chi connectivity index (χ4n) is 3.09. The first-order valence-corrected chi connectivity index (χ1v) is 8.32. The maximum atomic E-state index is 12.3. The van der Waals surface area contributed by atoms with Gasteiger partial charge in [0.25, 0.3) is 5.91 Å². The molecule has 1 fully saturated rings. The molecular formula is C19H23N3O3. The smallest absolute Gasteiger partial charge is 0.267 e. The van der Waals surface area contributed by atoms with Crippen LogP contribution in [0, 0.1) is 5.41 Å². The number of H-pyrrole nitrogens is 1. The third kappa shape index (κ3) is 3.58. The van der Waals surface area contributed by atoms with Crippen molar-refractivity contribution in [1.29, 1.82) is 0 Å². The summed E-state index contributed by atoms with van der Waals surface area (Å²) in [5.74, 6) is -0.805. The van der Waals surface area contributed by atoms with Crippen LogP contribution >= 0.6 is 0 Å². The second-order valence-corrected chi connectivity index (χ2v) is 7.03. The molecule has 2 atom stereocenters. The summed E-state index contributed by atoms with van der Waals surface area (Å²) in [6.45, 7) is 4.73. The predicted molar refractivity (Wildman–Crippen MR) is 94.0 cm³/mol. The molecule has 1 heterocycles. The lowest BCUT2D eigenvalue weighted by Crippen LogP contribution is -2.62. The van der Waals surface area contributed by atoms with Gasteiger partial charge in [-0.05, 0) is 18.1 Å². The summed E-state index contributed by atoms with van der Waals surface area (Å²) in [5.41, 5.74) is 6.80. The maximum Gasteiger partial charge on any atom is 0.267 e. The van der Waals surface area contributed by atoms with Gasteiger partial charge in [-0.2, -0.15) is 0 Å². The van der Waals surface area contributed by atoms with E-state index in [1.165, 1.54) is 12.3 Å². The zero-order valence-electron chi connectivity index (χ0n) is 14.4. The van der Waals surface area contributed by atoms with Gasteiger partial charge in [0.2, 0.25) is 5.91 Å². The highest BCUT2D eigenvalue weighted by atomic mass is 16.5. The molecule has 2 aromatic rings. The molecule has 0 unspecified atom stereocenters. The van der Waals surface area contributed by atoms with Crippen LogP contribution in [0.15, 0.2) is 42.6 Å². The van der Waals surface area contributed by atoms with Crippen molar-refractivity contribution in [3.05, 3.63) is 59.4 Å². The Kier molecular flexibility index (Phi) is 4.63. The molecular weight excluding hydrogens is 318 g/mol. The van der Waals surface area contributed by atoms with Crippen molar-refractivity contribution in [3.63, 3.8) is 0 Å². The number of nitrogens with two attached hydrogens (primary N) is 1. The van der Waals surface area contributed by atoms with Gasteiger partial charge in [-0.15, -0.1) is 0 Å². The Bertz CT molecular complexity index is 767. The number of hydrogen-bond acceptors (Lipinski definition) is 3. The lowest BCUT2D eigenvalue weighted by Gasteiger charge is -2.51. The minimum absolute atomic E-state index is 0.0149. The van der Waals surface area contributed by atoms with Gasteiger partial charge in [0.1, 0.15) is 5.69 Å². The molecule has 2 amide bonds. The van der Waals surface area contributed by atoms with Crippen LogP contribution in [0.5, 0.6) is 0 Å². The van der Waals surface area contributed by atoms with Gasteiger partial charge >= 0.3 is 0 Å². The number of amides is 2. The van der Waals surface area contributed by atoms with Crippen LogP contribution in [0.2, 0.25) is 0 Å². The van der Waals surface area contributed by atoms with Crippen LogP contribution < -0.4 is 11.1 Å². The summed E-state index contributed by atoms with van der Waals surface area (Å²) in [7, 11) is 0. The molecule has 3 rings (SSSR count). The lowest BCUT2D eigenvalue weighted by molar-refractivity contribution is -0.122. The fourth-order valence-corrected chi connectivity index (χ4v) is 3.09. The van der Waals surface area contributed by atoms with Gasteiger partial charge in [-0.25, -0.2) is 0 Å². The highest BCUT2D eigenvalue weighted by Crippen LogP contribution is 2.43. The van der Waals surface area contributed by atoms with Crippen molar-refractivity contribution in [2.24, 2.45) is 11.1 Å². The standard InChI is InChI=1S/C19H23N3O3/c1-19(2)15(9-16(19)25-11-12-6-4-3-5-7-12)22-18(24)14-8-13(10-21-14)17(20)23/h3-8,10,15-16,21H,9,11H2,1-2H3,(H2,20,23)(H,22,24)/t15-,16+/m1/s1. The molecule has 0 saturated heterocycles. The SMILES string of the molecule is CC1(C)[C@@H](OCc2ccccc2)C[C@H]1NC(=O)c1cc(C(N)=O)c[nH]1. The number of ether oxygens (including phenoxy) is 1. The van der Waals surface area contributed by atoms with Gasteiger partial charge in [-0.3, -0.25) is 9.59 Å². The van der Waals surface area contributed by atoms with E-state index < -0.39 is 5.91 Å². The molecule has 1 aliphatic rings. The molecule has 0 bridgehead atoms. The summed E-state index contributed by atoms with van der Waals surface area (Å²) in [5, 5.41) is 3.00. The molecule has 1 saturated carbocycles. The van der Waals surface area contributed by atoms with Crippen LogP contribution in [0.3, 0.4) is 0 Å². The Morgan fingerprint density at radius 3 is 2.64 bits per heavy atom. The number of hydrogen-bond donors (Lipinski definition) is 3. The van der Waals surface area contributed by atoms with Crippen molar-refractivity contribution >= 4 is 11.8 Å². The molecule has 0 spiro atoms. The summed E-state index contributed by atoms with van der Waals surface area (Å²) < 4.78 is 6.01. The minimum Gasteiger partial charge on any atom is -0.373 e. The zero-order valence-corrected chi connectivity index (χ0v) is 14.4. The highest BCUT2D eigenvalue weighted by molar-refractivity contribution is 5.98. The molecule has 4 N–H and O–H groups in total. The second kappa shape index (κ2) is 6.72. The normalized spacial score (nSPS) is 21.4. The molecule has 0 aliphatic heterocycles. The Morgan fingerprint density at radius 2 is 2.04 bits per heavy atom. The zero-order chi connectivity index (χ0) is 18.0. The van der Waals surface area contributed by atoms with Crippen LogP contribution in [0.1, 0.15) is 46.7 Å². The number of primary amides is 1. The second-order valence-electron chi connectivity index (χ2n) is 7.03. The number of carbonyl (C=O) groups is 2. The van der Waals surface area contributed by atoms with Gasteiger partial charge in [0.05, 0.1) is 18.3 Å². The number of aromatic nitrogens is 1. The van der Waals surface area contributed by atoms with Crippen LogP contribution in [-0.4, -0.2) is 28.9 Å². The van der Waals surface area contributed by atoms with Gasteiger partial charge in [-0.1, -0.05) is 44.2 Å². The summed E-state index contributed by atoms with van der Waals surface area (Å²) in [6.07, 6.45) is 2.28. The Morgan fingerprint density at radius 1 is 1.32 bits per heavy atom. The molecule has 6 nitrogen and oxygen atoms in total. The fraction of sp³-hybridized carbons (Fsp3) is 0.368. The monoisotopic (exact) mass is 341 g/mol. The van der Waals surface area contributed by atoms with E-state index in [4.69, 9.17) is 10.5 Å². The van der Waals surface area contributed by atoms with Gasteiger partial charge < -0.3 is 20.8 Å². The van der Waals surface area contributed by atoms with Crippen LogP contribution in [-0.2, 0) is 11.3 Å². The molecule has 0 radical (unpaired) electrons. The Labute approximate surface area is 146 Å². The van der Waals surface area contributed by atoms with Crippen molar-refractivity contribution in [3.8, 4) is 0 Å².